The molecule has 0 aliphatic carbocycles. The summed E-state index contributed by atoms with van der Waals surface area (Å²) in [7, 11) is 0. The van der Waals surface area contributed by atoms with Gasteiger partial charge >= 0.3 is 0 Å². The molecule has 5 nitrogen and oxygen atoms in total. The van der Waals surface area contributed by atoms with Crippen molar-refractivity contribution in [1.29, 1.82) is 0 Å². The van der Waals surface area contributed by atoms with E-state index >= 15 is 0 Å². The molecule has 1 aromatic heterocycles. The molecular weight excluding hydrogens is 293 g/mol. The fraction of sp³-hybridized carbons (Fsp3) is 0.286. The number of anilines is 2. The number of hydrogen-bond donors (Lipinski definition) is 3. The van der Waals surface area contributed by atoms with Crippen molar-refractivity contribution in [3.8, 4) is 0 Å². The number of nitrogens with one attached hydrogen (secondary N) is 2. The Bertz CT molecular complexity index is 613. The normalized spacial score (nSPS) is 10.4. The van der Waals surface area contributed by atoms with Gasteiger partial charge in [0.2, 0.25) is 0 Å². The molecule has 1 aromatic carbocycles. The van der Waals surface area contributed by atoms with E-state index in [1.807, 2.05) is 0 Å². The van der Waals surface area contributed by atoms with E-state index in [-0.39, 0.29) is 18.3 Å². The second-order valence-electron chi connectivity index (χ2n) is 4.40. The van der Waals surface area contributed by atoms with Crippen molar-refractivity contribution in [2.24, 2.45) is 0 Å². The van der Waals surface area contributed by atoms with Crippen molar-refractivity contribution in [2.75, 3.05) is 18.5 Å². The molecule has 0 unspecified atom stereocenters. The van der Waals surface area contributed by atoms with Gasteiger partial charge in [0.05, 0.1) is 5.69 Å². The van der Waals surface area contributed by atoms with Gasteiger partial charge in [0, 0.05) is 18.8 Å². The number of rotatable bonds is 6. The van der Waals surface area contributed by atoms with Crippen molar-refractivity contribution in [2.45, 2.75) is 13.3 Å². The number of hydrogen-bond acceptors (Lipinski definition) is 5. The van der Waals surface area contributed by atoms with Crippen LogP contribution in [0.2, 0.25) is 0 Å². The van der Waals surface area contributed by atoms with Crippen LogP contribution in [0.15, 0.2) is 24.3 Å². The Kier molecular flexibility index (Phi) is 5.24. The van der Waals surface area contributed by atoms with Crippen LogP contribution in [0.4, 0.5) is 15.2 Å². The van der Waals surface area contributed by atoms with Crippen molar-refractivity contribution < 1.29 is 14.3 Å². The zero-order valence-electron chi connectivity index (χ0n) is 11.5. The molecule has 112 valence electrons. The third kappa shape index (κ3) is 4.24. The van der Waals surface area contributed by atoms with Crippen molar-refractivity contribution in [1.82, 2.24) is 10.3 Å². The first kappa shape index (κ1) is 15.4. The maximum absolute atomic E-state index is 12.8. The topological polar surface area (TPSA) is 74.2 Å². The molecule has 3 N–H and O–H groups in total. The summed E-state index contributed by atoms with van der Waals surface area (Å²) >= 11 is 1.23. The van der Waals surface area contributed by atoms with Crippen LogP contribution in [0.25, 0.3) is 0 Å². The van der Waals surface area contributed by atoms with Gasteiger partial charge in [0.25, 0.3) is 5.91 Å². The minimum absolute atomic E-state index is 0.0410. The fourth-order valence-corrected chi connectivity index (χ4v) is 2.58. The molecule has 1 heterocycles. The molecule has 7 heteroatoms. The highest BCUT2D eigenvalue weighted by Gasteiger charge is 2.14. The number of thiazole rings is 1. The highest BCUT2D eigenvalue weighted by Crippen LogP contribution is 2.25. The van der Waals surface area contributed by atoms with Gasteiger partial charge in [-0.3, -0.25) is 4.79 Å². The SMILES string of the molecule is Cc1nc(Nc2ccc(F)cc2)sc1C(=O)NCCCO. The van der Waals surface area contributed by atoms with Gasteiger partial charge in [0.1, 0.15) is 10.7 Å². The molecular formula is C14H16FN3O2S. The quantitative estimate of drug-likeness (QED) is 0.717. The van der Waals surface area contributed by atoms with E-state index in [0.29, 0.717) is 34.4 Å². The van der Waals surface area contributed by atoms with Crippen molar-refractivity contribution in [3.05, 3.63) is 40.7 Å². The minimum Gasteiger partial charge on any atom is -0.396 e. The monoisotopic (exact) mass is 309 g/mol. The average Bonchev–Trinajstić information content (AvgIpc) is 2.82. The molecule has 0 radical (unpaired) electrons. The van der Waals surface area contributed by atoms with Crippen molar-refractivity contribution >= 4 is 28.1 Å². The zero-order chi connectivity index (χ0) is 15.2. The maximum atomic E-state index is 12.8. The molecule has 0 bridgehead atoms. The molecule has 21 heavy (non-hydrogen) atoms. The molecule has 0 spiro atoms. The number of aromatic nitrogens is 1. The molecule has 0 fully saturated rings. The first-order chi connectivity index (χ1) is 10.1. The molecule has 0 atom stereocenters. The lowest BCUT2D eigenvalue weighted by molar-refractivity contribution is 0.0954. The lowest BCUT2D eigenvalue weighted by atomic mass is 10.3. The van der Waals surface area contributed by atoms with E-state index in [9.17, 15) is 9.18 Å². The second kappa shape index (κ2) is 7.14. The van der Waals surface area contributed by atoms with E-state index in [1.165, 1.54) is 23.5 Å². The summed E-state index contributed by atoms with van der Waals surface area (Å²) in [6.07, 6.45) is 0.518. The predicted molar refractivity (Wildman–Crippen MR) is 80.6 cm³/mol. The van der Waals surface area contributed by atoms with Crippen LogP contribution in [0.3, 0.4) is 0 Å². The molecule has 0 aliphatic heterocycles. The molecule has 2 rings (SSSR count). The number of carbonyl (C=O) groups is 1. The number of amides is 1. The van der Waals surface area contributed by atoms with E-state index in [2.05, 4.69) is 15.6 Å². The number of carbonyl (C=O) groups excluding carboxylic acids is 1. The van der Waals surface area contributed by atoms with Gasteiger partial charge in [-0.15, -0.1) is 0 Å². The summed E-state index contributed by atoms with van der Waals surface area (Å²) in [6.45, 7) is 2.22. The number of aliphatic hydroxyl groups excluding tert-OH is 1. The number of halogens is 1. The Morgan fingerprint density at radius 3 is 2.76 bits per heavy atom. The highest BCUT2D eigenvalue weighted by molar-refractivity contribution is 7.17. The number of aliphatic hydroxyl groups is 1. The van der Waals surface area contributed by atoms with Gasteiger partial charge in [-0.05, 0) is 37.6 Å². The maximum Gasteiger partial charge on any atom is 0.263 e. The minimum atomic E-state index is -0.306. The number of aryl methyl sites for hydroxylation is 1. The summed E-state index contributed by atoms with van der Waals surface area (Å²) in [6, 6.07) is 5.91. The molecule has 0 saturated heterocycles. The van der Waals surface area contributed by atoms with E-state index in [4.69, 9.17) is 5.11 Å². The third-order valence-electron chi connectivity index (χ3n) is 2.72. The van der Waals surface area contributed by atoms with Crippen LogP contribution in [0.5, 0.6) is 0 Å². The smallest absolute Gasteiger partial charge is 0.263 e. The molecule has 0 aliphatic rings. The Labute approximate surface area is 125 Å². The van der Waals surface area contributed by atoms with Crippen LogP contribution < -0.4 is 10.6 Å². The Balaban J connectivity index is 2.04. The zero-order valence-corrected chi connectivity index (χ0v) is 12.3. The first-order valence-corrected chi connectivity index (χ1v) is 7.31. The van der Waals surface area contributed by atoms with E-state index < -0.39 is 0 Å². The van der Waals surface area contributed by atoms with E-state index in [1.54, 1.807) is 19.1 Å². The first-order valence-electron chi connectivity index (χ1n) is 6.49. The van der Waals surface area contributed by atoms with Crippen LogP contribution in [0, 0.1) is 12.7 Å². The Morgan fingerprint density at radius 2 is 2.10 bits per heavy atom. The van der Waals surface area contributed by atoms with Gasteiger partial charge in [-0.2, -0.15) is 0 Å². The third-order valence-corrected chi connectivity index (χ3v) is 3.79. The Morgan fingerprint density at radius 1 is 1.38 bits per heavy atom. The van der Waals surface area contributed by atoms with Gasteiger partial charge in [-0.25, -0.2) is 9.37 Å². The molecule has 2 aromatic rings. The van der Waals surface area contributed by atoms with E-state index in [0.717, 1.165) is 0 Å². The Hall–Kier alpha value is -1.99. The second-order valence-corrected chi connectivity index (χ2v) is 5.40. The molecule has 0 saturated carbocycles. The number of nitrogens with zero attached hydrogens (tertiary/aromatic N) is 1. The summed E-state index contributed by atoms with van der Waals surface area (Å²) in [5.74, 6) is -0.509. The highest BCUT2D eigenvalue weighted by atomic mass is 32.1. The summed E-state index contributed by atoms with van der Waals surface area (Å²) in [4.78, 5) is 16.8. The summed E-state index contributed by atoms with van der Waals surface area (Å²) in [5, 5.41) is 15.0. The van der Waals surface area contributed by atoms with Crippen LogP contribution in [-0.4, -0.2) is 29.1 Å². The fourth-order valence-electron chi connectivity index (χ4n) is 1.68. The molecule has 1 amide bonds. The average molecular weight is 309 g/mol. The van der Waals surface area contributed by atoms with Crippen LogP contribution >= 0.6 is 11.3 Å². The largest absolute Gasteiger partial charge is 0.396 e. The standard InChI is InChI=1S/C14H16FN3O2S/c1-9-12(13(20)16-7-2-8-19)21-14(17-9)18-11-5-3-10(15)4-6-11/h3-6,19H,2,7-8H2,1H3,(H,16,20)(H,17,18). The van der Waals surface area contributed by atoms with Gasteiger partial charge < -0.3 is 15.7 Å². The van der Waals surface area contributed by atoms with Gasteiger partial charge in [-0.1, -0.05) is 11.3 Å². The predicted octanol–water partition coefficient (Wildman–Crippen LogP) is 2.45. The van der Waals surface area contributed by atoms with Crippen LogP contribution in [0.1, 0.15) is 21.8 Å². The van der Waals surface area contributed by atoms with Crippen molar-refractivity contribution in [3.63, 3.8) is 0 Å². The van der Waals surface area contributed by atoms with Crippen LogP contribution in [-0.2, 0) is 0 Å². The number of benzene rings is 1. The lowest BCUT2D eigenvalue weighted by Gasteiger charge is -2.02. The van der Waals surface area contributed by atoms with Gasteiger partial charge in [0.15, 0.2) is 5.13 Å². The summed E-state index contributed by atoms with van der Waals surface area (Å²) < 4.78 is 12.8. The summed E-state index contributed by atoms with van der Waals surface area (Å²) in [5.41, 5.74) is 1.34. The lowest BCUT2D eigenvalue weighted by Crippen LogP contribution is -2.24.